The smallest absolute Gasteiger partial charge is 0.0478 e. The van der Waals surface area contributed by atoms with Gasteiger partial charge in [-0.3, -0.25) is 4.90 Å². The average Bonchev–Trinajstić information content (AvgIpc) is 2.85. The third-order valence-corrected chi connectivity index (χ3v) is 5.14. The van der Waals surface area contributed by atoms with Gasteiger partial charge in [0.15, 0.2) is 0 Å². The number of likely N-dealkylation sites (N-methyl/N-ethyl adjacent to an activating group) is 1. The Labute approximate surface area is 123 Å². The van der Waals surface area contributed by atoms with Crippen LogP contribution in [0.25, 0.3) is 0 Å². The van der Waals surface area contributed by atoms with Crippen molar-refractivity contribution in [2.24, 2.45) is 0 Å². The summed E-state index contributed by atoms with van der Waals surface area (Å²) in [6, 6.07) is 10.2. The molecular formula is C18H28N2. The van der Waals surface area contributed by atoms with E-state index in [1.54, 1.807) is 11.1 Å². The summed E-state index contributed by atoms with van der Waals surface area (Å²) >= 11 is 0. The van der Waals surface area contributed by atoms with Crippen LogP contribution in [0.4, 0.5) is 0 Å². The zero-order valence-electron chi connectivity index (χ0n) is 12.8. The molecule has 2 unspecified atom stereocenters. The van der Waals surface area contributed by atoms with Crippen LogP contribution in [0.2, 0.25) is 0 Å². The van der Waals surface area contributed by atoms with Crippen molar-refractivity contribution in [1.82, 2.24) is 10.2 Å². The first-order chi connectivity index (χ1) is 9.90. The Hall–Kier alpha value is -0.860. The zero-order valence-corrected chi connectivity index (χ0v) is 12.8. The summed E-state index contributed by atoms with van der Waals surface area (Å²) in [5.41, 5.74) is 3.10. The molecule has 2 heteroatoms. The third-order valence-electron chi connectivity index (χ3n) is 5.14. The van der Waals surface area contributed by atoms with Gasteiger partial charge in [0.1, 0.15) is 0 Å². The molecule has 1 aliphatic heterocycles. The molecule has 110 valence electrons. The van der Waals surface area contributed by atoms with E-state index in [0.29, 0.717) is 12.1 Å². The minimum Gasteiger partial charge on any atom is -0.312 e. The summed E-state index contributed by atoms with van der Waals surface area (Å²) < 4.78 is 0. The highest BCUT2D eigenvalue weighted by Crippen LogP contribution is 2.32. The van der Waals surface area contributed by atoms with Crippen LogP contribution >= 0.6 is 0 Å². The Kier molecular flexibility index (Phi) is 4.74. The molecule has 0 aromatic heterocycles. The Morgan fingerprint density at radius 2 is 1.75 bits per heavy atom. The van der Waals surface area contributed by atoms with Crippen molar-refractivity contribution in [3.63, 3.8) is 0 Å². The zero-order chi connectivity index (χ0) is 13.8. The van der Waals surface area contributed by atoms with Crippen molar-refractivity contribution >= 4 is 0 Å². The Morgan fingerprint density at radius 3 is 2.50 bits per heavy atom. The number of nitrogens with zero attached hydrogens (tertiary/aromatic N) is 1. The minimum absolute atomic E-state index is 0.506. The van der Waals surface area contributed by atoms with E-state index >= 15 is 0 Å². The van der Waals surface area contributed by atoms with Gasteiger partial charge in [0.25, 0.3) is 0 Å². The molecule has 1 heterocycles. The Morgan fingerprint density at radius 1 is 1.00 bits per heavy atom. The van der Waals surface area contributed by atoms with E-state index in [0.717, 1.165) is 0 Å². The monoisotopic (exact) mass is 272 g/mol. The number of likely N-dealkylation sites (tertiary alicyclic amines) is 1. The van der Waals surface area contributed by atoms with Gasteiger partial charge >= 0.3 is 0 Å². The summed E-state index contributed by atoms with van der Waals surface area (Å²) in [5.74, 6) is 0. The maximum absolute atomic E-state index is 3.63. The van der Waals surface area contributed by atoms with Gasteiger partial charge in [-0.25, -0.2) is 0 Å². The Balaban J connectivity index is 1.86. The van der Waals surface area contributed by atoms with Gasteiger partial charge < -0.3 is 5.32 Å². The van der Waals surface area contributed by atoms with Crippen LogP contribution in [0.5, 0.6) is 0 Å². The van der Waals surface area contributed by atoms with Crippen LogP contribution < -0.4 is 5.32 Å². The summed E-state index contributed by atoms with van der Waals surface area (Å²) in [7, 11) is 2.14. The Bertz CT molecular complexity index is 421. The van der Waals surface area contributed by atoms with Gasteiger partial charge in [-0.1, -0.05) is 37.1 Å². The molecule has 2 aliphatic rings. The normalized spacial score (nSPS) is 28.4. The third kappa shape index (κ3) is 2.91. The summed E-state index contributed by atoms with van der Waals surface area (Å²) in [6.07, 6.45) is 9.52. The fraction of sp³-hybridized carbons (Fsp3) is 0.667. The van der Waals surface area contributed by atoms with Crippen LogP contribution in [0.1, 0.15) is 55.7 Å². The number of aryl methyl sites for hydroxylation is 1. The van der Waals surface area contributed by atoms with Gasteiger partial charge in [0.05, 0.1) is 0 Å². The molecule has 1 N–H and O–H groups in total. The molecule has 0 saturated carbocycles. The van der Waals surface area contributed by atoms with E-state index in [2.05, 4.69) is 41.5 Å². The minimum atomic E-state index is 0.506. The van der Waals surface area contributed by atoms with E-state index in [9.17, 15) is 0 Å². The van der Waals surface area contributed by atoms with Crippen LogP contribution in [-0.2, 0) is 6.42 Å². The molecule has 2 atom stereocenters. The second kappa shape index (κ2) is 6.73. The van der Waals surface area contributed by atoms with Gasteiger partial charge in [0.2, 0.25) is 0 Å². The van der Waals surface area contributed by atoms with Crippen LogP contribution in [0.15, 0.2) is 24.3 Å². The lowest BCUT2D eigenvalue weighted by molar-refractivity contribution is 0.156. The molecule has 1 saturated heterocycles. The number of hydrogen-bond acceptors (Lipinski definition) is 2. The fourth-order valence-corrected chi connectivity index (χ4v) is 4.11. The van der Waals surface area contributed by atoms with Gasteiger partial charge in [-0.05, 0) is 63.4 Å². The number of fused-ring (bicyclic) bond motifs is 1. The van der Waals surface area contributed by atoms with Gasteiger partial charge in [-0.15, -0.1) is 0 Å². The fourth-order valence-electron chi connectivity index (χ4n) is 4.11. The lowest BCUT2D eigenvalue weighted by Gasteiger charge is -2.36. The highest BCUT2D eigenvalue weighted by Gasteiger charge is 2.30. The largest absolute Gasteiger partial charge is 0.312 e. The van der Waals surface area contributed by atoms with Crippen LogP contribution in [0.3, 0.4) is 0 Å². The van der Waals surface area contributed by atoms with E-state index < -0.39 is 0 Å². The van der Waals surface area contributed by atoms with Crippen LogP contribution in [0, 0.1) is 0 Å². The molecule has 1 aromatic carbocycles. The van der Waals surface area contributed by atoms with Crippen molar-refractivity contribution in [2.45, 2.75) is 57.0 Å². The van der Waals surface area contributed by atoms with Gasteiger partial charge in [-0.2, -0.15) is 0 Å². The number of rotatable bonds is 2. The first-order valence-corrected chi connectivity index (χ1v) is 8.39. The first-order valence-electron chi connectivity index (χ1n) is 8.39. The molecule has 0 radical (unpaired) electrons. The van der Waals surface area contributed by atoms with E-state index in [1.807, 2.05) is 0 Å². The van der Waals surface area contributed by atoms with Crippen molar-refractivity contribution < 1.29 is 0 Å². The summed E-state index contributed by atoms with van der Waals surface area (Å²) in [5, 5.41) is 3.63. The molecular weight excluding hydrogens is 244 g/mol. The lowest BCUT2D eigenvalue weighted by atomic mass is 9.95. The molecule has 3 rings (SSSR count). The summed E-state index contributed by atoms with van der Waals surface area (Å²) in [6.45, 7) is 2.59. The maximum Gasteiger partial charge on any atom is 0.0478 e. The van der Waals surface area contributed by atoms with Crippen molar-refractivity contribution in [1.29, 1.82) is 0 Å². The molecule has 1 fully saturated rings. The maximum atomic E-state index is 3.63. The number of hydrogen-bond donors (Lipinski definition) is 1. The van der Waals surface area contributed by atoms with E-state index in [-0.39, 0.29) is 0 Å². The number of benzene rings is 1. The second-order valence-corrected chi connectivity index (χ2v) is 6.37. The SMILES string of the molecule is CNC1c2ccccc2CCCC1N1CCCCCC1. The van der Waals surface area contributed by atoms with Gasteiger partial charge in [0, 0.05) is 12.1 Å². The van der Waals surface area contributed by atoms with E-state index in [4.69, 9.17) is 0 Å². The van der Waals surface area contributed by atoms with Crippen molar-refractivity contribution in [3.05, 3.63) is 35.4 Å². The second-order valence-electron chi connectivity index (χ2n) is 6.37. The molecule has 0 bridgehead atoms. The molecule has 20 heavy (non-hydrogen) atoms. The van der Waals surface area contributed by atoms with Crippen molar-refractivity contribution in [3.8, 4) is 0 Å². The first kappa shape index (κ1) is 14.1. The summed E-state index contributed by atoms with van der Waals surface area (Å²) in [4.78, 5) is 2.77. The topological polar surface area (TPSA) is 15.3 Å². The van der Waals surface area contributed by atoms with Crippen molar-refractivity contribution in [2.75, 3.05) is 20.1 Å². The predicted octanol–water partition coefficient (Wildman–Crippen LogP) is 3.53. The quantitative estimate of drug-likeness (QED) is 0.829. The molecule has 0 spiro atoms. The molecule has 0 amide bonds. The highest BCUT2D eigenvalue weighted by atomic mass is 15.2. The highest BCUT2D eigenvalue weighted by molar-refractivity contribution is 5.32. The molecule has 2 nitrogen and oxygen atoms in total. The predicted molar refractivity (Wildman–Crippen MR) is 85.0 cm³/mol. The number of nitrogens with one attached hydrogen (secondary N) is 1. The lowest BCUT2D eigenvalue weighted by Crippen LogP contribution is -2.44. The molecule has 1 aliphatic carbocycles. The van der Waals surface area contributed by atoms with E-state index in [1.165, 1.54) is 58.0 Å². The molecule has 1 aromatic rings. The average molecular weight is 272 g/mol. The van der Waals surface area contributed by atoms with Crippen LogP contribution in [-0.4, -0.2) is 31.1 Å². The standard InChI is InChI=1S/C18H28N2/c1-19-18-16-11-5-4-9-15(16)10-8-12-17(18)20-13-6-2-3-7-14-20/h4-5,9,11,17-19H,2-3,6-8,10,12-14H2,1H3.